The number of carbonyl (C=O) groups is 1. The zero-order valence-electron chi connectivity index (χ0n) is 20.6. The predicted molar refractivity (Wildman–Crippen MR) is 136 cm³/mol. The normalized spacial score (nSPS) is 14.8. The number of anilines is 1. The number of carbonyl (C=O) groups excluding carboxylic acids is 1. The van der Waals surface area contributed by atoms with Crippen LogP contribution in [-0.4, -0.2) is 46.1 Å². The maximum Gasteiger partial charge on any atom is 0.254 e. The molecule has 1 aromatic carbocycles. The molecule has 2 heterocycles. The minimum atomic E-state index is -3.60. The van der Waals surface area contributed by atoms with E-state index < -0.39 is 33.0 Å². The Balaban J connectivity index is 1.48. The first kappa shape index (κ1) is 26.4. The molecule has 2 N–H and O–H groups in total. The van der Waals surface area contributed by atoms with E-state index in [0.29, 0.717) is 48.7 Å². The van der Waals surface area contributed by atoms with Gasteiger partial charge in [0.05, 0.1) is 47.2 Å². The van der Waals surface area contributed by atoms with E-state index in [-0.39, 0.29) is 11.5 Å². The molecule has 0 unspecified atom stereocenters. The summed E-state index contributed by atoms with van der Waals surface area (Å²) in [6.45, 7) is 4.07. The quantitative estimate of drug-likeness (QED) is 0.402. The zero-order valence-corrected chi connectivity index (χ0v) is 21.5. The highest BCUT2D eigenvalue weighted by molar-refractivity contribution is 7.93. The molecule has 1 aliphatic rings. The lowest BCUT2D eigenvalue weighted by atomic mass is 10.1. The van der Waals surface area contributed by atoms with E-state index in [1.54, 1.807) is 12.1 Å². The average Bonchev–Trinajstić information content (AvgIpc) is 3.44. The van der Waals surface area contributed by atoms with E-state index in [2.05, 4.69) is 30.0 Å². The van der Waals surface area contributed by atoms with Gasteiger partial charge in [-0.05, 0) is 44.4 Å². The van der Waals surface area contributed by atoms with Gasteiger partial charge in [-0.1, -0.05) is 25.8 Å². The molecule has 1 amide bonds. The van der Waals surface area contributed by atoms with Crippen LogP contribution in [0.2, 0.25) is 0 Å². The average molecular weight is 529 g/mol. The Hall–Kier alpha value is -3.67. The van der Waals surface area contributed by atoms with E-state index in [9.17, 15) is 17.6 Å². The molecule has 196 valence electrons. The molecule has 37 heavy (non-hydrogen) atoms. The monoisotopic (exact) mass is 528 g/mol. The van der Waals surface area contributed by atoms with Gasteiger partial charge in [-0.25, -0.2) is 27.8 Å². The van der Waals surface area contributed by atoms with Crippen LogP contribution >= 0.6 is 0 Å². The van der Waals surface area contributed by atoms with E-state index in [0.717, 1.165) is 12.8 Å². The summed E-state index contributed by atoms with van der Waals surface area (Å²) in [5.74, 6) is -1.08. The third-order valence-corrected chi connectivity index (χ3v) is 7.95. The van der Waals surface area contributed by atoms with E-state index in [1.165, 1.54) is 30.7 Å². The second-order valence-corrected chi connectivity index (χ2v) is 10.6. The summed E-state index contributed by atoms with van der Waals surface area (Å²) in [5.41, 5.74) is 1.13. The molecule has 0 aliphatic heterocycles. The molecular weight excluding hydrogens is 499 g/mol. The van der Waals surface area contributed by atoms with Crippen LogP contribution in [0.3, 0.4) is 0 Å². The zero-order chi connectivity index (χ0) is 26.4. The van der Waals surface area contributed by atoms with E-state index in [1.807, 2.05) is 13.8 Å². The minimum absolute atomic E-state index is 0.0528. The Morgan fingerprint density at radius 3 is 2.65 bits per heavy atom. The number of nitrogens with zero attached hydrogens (tertiary/aromatic N) is 4. The topological polar surface area (TPSA) is 136 Å². The molecule has 0 bridgehead atoms. The first-order valence-electron chi connectivity index (χ1n) is 12.2. The number of halogens is 1. The fourth-order valence-corrected chi connectivity index (χ4v) is 5.68. The number of sulfonamides is 1. The maximum atomic E-state index is 14.9. The van der Waals surface area contributed by atoms with Crippen LogP contribution in [-0.2, 0) is 10.0 Å². The number of benzene rings is 1. The summed E-state index contributed by atoms with van der Waals surface area (Å²) in [7, 11) is -3.60. The summed E-state index contributed by atoms with van der Waals surface area (Å²) in [6.07, 6.45) is 7.79. The number of hydrogen-bond donors (Lipinski definition) is 2. The summed E-state index contributed by atoms with van der Waals surface area (Å²) in [6, 6.07) is 5.18. The number of hydrogen-bond acceptors (Lipinski definition) is 8. The molecule has 3 aromatic rings. The maximum absolute atomic E-state index is 14.9. The Kier molecular flexibility index (Phi) is 8.27. The first-order valence-corrected chi connectivity index (χ1v) is 13.8. The molecule has 1 saturated carbocycles. The van der Waals surface area contributed by atoms with Crippen LogP contribution in [0.25, 0.3) is 11.3 Å². The van der Waals surface area contributed by atoms with Crippen LogP contribution in [0.5, 0.6) is 5.88 Å². The van der Waals surface area contributed by atoms with Gasteiger partial charge in [0, 0.05) is 11.8 Å². The van der Waals surface area contributed by atoms with Crippen molar-refractivity contribution in [2.24, 2.45) is 0 Å². The Bertz CT molecular complexity index is 1360. The van der Waals surface area contributed by atoms with Gasteiger partial charge in [-0.3, -0.25) is 14.5 Å². The molecule has 0 saturated heterocycles. The van der Waals surface area contributed by atoms with Gasteiger partial charge in [0.25, 0.3) is 5.91 Å². The highest BCUT2D eigenvalue weighted by Gasteiger charge is 2.29. The van der Waals surface area contributed by atoms with Crippen LogP contribution in [0.15, 0.2) is 42.9 Å². The molecule has 0 radical (unpaired) electrons. The van der Waals surface area contributed by atoms with Crippen molar-refractivity contribution in [3.8, 4) is 17.1 Å². The first-order chi connectivity index (χ1) is 17.8. The Labute approximate surface area is 215 Å². The third-order valence-electron chi connectivity index (χ3n) is 6.14. The summed E-state index contributed by atoms with van der Waals surface area (Å²) in [5, 5.41) is 2.32. The van der Waals surface area contributed by atoms with Crippen molar-refractivity contribution < 1.29 is 22.3 Å². The lowest BCUT2D eigenvalue weighted by Gasteiger charge is -2.18. The van der Waals surface area contributed by atoms with Crippen molar-refractivity contribution in [3.63, 3.8) is 0 Å². The van der Waals surface area contributed by atoms with Gasteiger partial charge in [-0.15, -0.1) is 0 Å². The molecule has 12 heteroatoms. The second kappa shape index (κ2) is 11.6. The predicted octanol–water partition coefficient (Wildman–Crippen LogP) is 4.04. The van der Waals surface area contributed by atoms with Crippen molar-refractivity contribution in [3.05, 3.63) is 59.9 Å². The Morgan fingerprint density at radius 2 is 1.95 bits per heavy atom. The third kappa shape index (κ3) is 6.37. The van der Waals surface area contributed by atoms with Crippen molar-refractivity contribution in [2.45, 2.75) is 57.2 Å². The van der Waals surface area contributed by atoms with Crippen molar-refractivity contribution >= 4 is 21.9 Å². The smallest absolute Gasteiger partial charge is 0.254 e. The van der Waals surface area contributed by atoms with Crippen LogP contribution in [0.1, 0.15) is 68.0 Å². The van der Waals surface area contributed by atoms with Gasteiger partial charge in [0.15, 0.2) is 0 Å². The number of aromatic nitrogens is 4. The number of amides is 1. The number of nitrogens with one attached hydrogen (secondary N) is 2. The molecule has 1 atom stereocenters. The highest BCUT2D eigenvalue weighted by Crippen LogP contribution is 2.26. The number of rotatable bonds is 10. The van der Waals surface area contributed by atoms with Crippen LogP contribution in [0.4, 0.5) is 10.3 Å². The molecule has 2 aromatic heterocycles. The lowest BCUT2D eigenvalue weighted by Crippen LogP contribution is -2.30. The van der Waals surface area contributed by atoms with Crippen molar-refractivity contribution in [1.82, 2.24) is 25.3 Å². The van der Waals surface area contributed by atoms with Gasteiger partial charge < -0.3 is 10.1 Å². The minimum Gasteiger partial charge on any atom is -0.477 e. The fraction of sp³-hybridized carbons (Fsp3) is 0.400. The Morgan fingerprint density at radius 1 is 1.16 bits per heavy atom. The van der Waals surface area contributed by atoms with Gasteiger partial charge >= 0.3 is 0 Å². The van der Waals surface area contributed by atoms with Gasteiger partial charge in [0.2, 0.25) is 21.9 Å². The molecule has 4 rings (SSSR count). The SMILES string of the molecule is CCOc1cncc(-c2ccc(C(=O)N[C@@H](CC)c3ccnc(NS(=O)(=O)C4CCCC4)n3)c(F)c2)n1. The summed E-state index contributed by atoms with van der Waals surface area (Å²) >= 11 is 0. The van der Waals surface area contributed by atoms with E-state index in [4.69, 9.17) is 4.74 Å². The van der Waals surface area contributed by atoms with Crippen molar-refractivity contribution in [2.75, 3.05) is 11.3 Å². The molecular formula is C25H29FN6O4S. The molecule has 1 aliphatic carbocycles. The highest BCUT2D eigenvalue weighted by atomic mass is 32.2. The van der Waals surface area contributed by atoms with Crippen LogP contribution < -0.4 is 14.8 Å². The van der Waals surface area contributed by atoms with Crippen molar-refractivity contribution in [1.29, 1.82) is 0 Å². The molecule has 1 fully saturated rings. The second-order valence-electron chi connectivity index (χ2n) is 8.66. The fourth-order valence-electron chi connectivity index (χ4n) is 4.21. The summed E-state index contributed by atoms with van der Waals surface area (Å²) in [4.78, 5) is 29.6. The molecule has 10 nitrogen and oxygen atoms in total. The summed E-state index contributed by atoms with van der Waals surface area (Å²) < 4.78 is 48.0. The van der Waals surface area contributed by atoms with Gasteiger partial charge in [-0.2, -0.15) is 0 Å². The lowest BCUT2D eigenvalue weighted by molar-refractivity contribution is 0.0930. The van der Waals surface area contributed by atoms with E-state index >= 15 is 0 Å². The molecule has 0 spiro atoms. The number of ether oxygens (including phenoxy) is 1. The van der Waals surface area contributed by atoms with Crippen LogP contribution in [0, 0.1) is 5.82 Å². The largest absolute Gasteiger partial charge is 0.477 e. The van der Waals surface area contributed by atoms with Gasteiger partial charge in [0.1, 0.15) is 5.82 Å². The standard InChI is InChI=1S/C25H29FN6O4S/c1-3-20(21-11-12-28-25(31-21)32-37(34,35)17-7-5-6-8-17)30-24(33)18-10-9-16(13-19(18)26)22-14-27-15-23(29-22)36-4-2/h9-15,17,20H,3-8H2,1-2H3,(H,30,33)(H,28,31,32)/t20-/m0/s1.